The first-order valence-corrected chi connectivity index (χ1v) is 8.20. The van der Waals surface area contributed by atoms with Gasteiger partial charge in [0.25, 0.3) is 5.91 Å². The summed E-state index contributed by atoms with van der Waals surface area (Å²) in [6, 6.07) is 12.5. The van der Waals surface area contributed by atoms with Gasteiger partial charge < -0.3 is 14.7 Å². The molecule has 1 aliphatic heterocycles. The van der Waals surface area contributed by atoms with Crippen molar-refractivity contribution in [3.63, 3.8) is 0 Å². The summed E-state index contributed by atoms with van der Waals surface area (Å²) in [6.07, 6.45) is 2.75. The Balaban J connectivity index is 1.76. The molecule has 2 aromatic rings. The number of pyridine rings is 1. The molecule has 2 heterocycles. The van der Waals surface area contributed by atoms with E-state index in [-0.39, 0.29) is 18.1 Å². The van der Waals surface area contributed by atoms with Crippen molar-refractivity contribution in [1.29, 1.82) is 0 Å². The molecule has 0 spiro atoms. The highest BCUT2D eigenvalue weighted by molar-refractivity contribution is 5.93. The average Bonchev–Trinajstić information content (AvgIpc) is 2.62. The predicted octanol–water partition coefficient (Wildman–Crippen LogP) is 3.20. The first kappa shape index (κ1) is 17.0. The van der Waals surface area contributed by atoms with Crippen LogP contribution in [0.15, 0.2) is 48.7 Å². The zero-order chi connectivity index (χ0) is 17.9. The molecule has 1 aromatic carbocycles. The topological polar surface area (TPSA) is 79.7 Å². The Hall–Kier alpha value is -2.89. The van der Waals surface area contributed by atoms with Crippen LogP contribution in [0.4, 0.5) is 0 Å². The Morgan fingerprint density at radius 3 is 2.68 bits per heavy atom. The Morgan fingerprint density at radius 1 is 1.20 bits per heavy atom. The number of hydrogen-bond donors (Lipinski definition) is 1. The maximum absolute atomic E-state index is 12.7. The minimum Gasteiger partial charge on any atom is -0.481 e. The molecule has 0 radical (unpaired) electrons. The average molecular weight is 340 g/mol. The molecule has 6 nitrogen and oxygen atoms in total. The molecule has 0 aliphatic carbocycles. The number of benzene rings is 1. The Morgan fingerprint density at radius 2 is 1.96 bits per heavy atom. The van der Waals surface area contributed by atoms with E-state index in [0.29, 0.717) is 30.9 Å². The predicted molar refractivity (Wildman–Crippen MR) is 91.6 cm³/mol. The van der Waals surface area contributed by atoms with Crippen LogP contribution in [0.3, 0.4) is 0 Å². The molecule has 0 bridgehead atoms. The highest BCUT2D eigenvalue weighted by atomic mass is 16.5. The van der Waals surface area contributed by atoms with Gasteiger partial charge in [-0.3, -0.25) is 14.6 Å². The first-order chi connectivity index (χ1) is 12.0. The number of piperidine rings is 1. The standard InChI is InChI=1S/C19H20N2O4/c1-19(18(23)24)9-5-11-21(13-19)17(22)16-12-15(8-10-20-16)25-14-6-3-2-4-7-14/h2-4,6-8,10,12H,5,9,11,13H2,1H3,(H,23,24). The number of carboxylic acid groups (broad SMARTS) is 1. The lowest BCUT2D eigenvalue weighted by Gasteiger charge is -2.37. The van der Waals surface area contributed by atoms with Crippen LogP contribution in [0, 0.1) is 5.41 Å². The number of rotatable bonds is 4. The van der Waals surface area contributed by atoms with E-state index in [1.54, 1.807) is 24.0 Å². The van der Waals surface area contributed by atoms with Crippen molar-refractivity contribution in [2.24, 2.45) is 5.41 Å². The van der Waals surface area contributed by atoms with E-state index >= 15 is 0 Å². The van der Waals surface area contributed by atoms with Crippen LogP contribution in [0.5, 0.6) is 11.5 Å². The van der Waals surface area contributed by atoms with Crippen LogP contribution >= 0.6 is 0 Å². The third-order valence-corrected chi connectivity index (χ3v) is 4.43. The monoisotopic (exact) mass is 340 g/mol. The number of nitrogens with zero attached hydrogens (tertiary/aromatic N) is 2. The molecule has 3 rings (SSSR count). The molecule has 1 amide bonds. The van der Waals surface area contributed by atoms with E-state index in [2.05, 4.69) is 4.98 Å². The van der Waals surface area contributed by atoms with E-state index in [0.717, 1.165) is 0 Å². The number of amides is 1. The van der Waals surface area contributed by atoms with Gasteiger partial charge in [0.2, 0.25) is 0 Å². The second-order valence-electron chi connectivity index (χ2n) is 6.49. The van der Waals surface area contributed by atoms with Crippen LogP contribution in [-0.2, 0) is 4.79 Å². The lowest BCUT2D eigenvalue weighted by atomic mass is 9.82. The maximum Gasteiger partial charge on any atom is 0.311 e. The fourth-order valence-electron chi connectivity index (χ4n) is 2.97. The third-order valence-electron chi connectivity index (χ3n) is 4.43. The Bertz CT molecular complexity index is 778. The first-order valence-electron chi connectivity index (χ1n) is 8.20. The van der Waals surface area contributed by atoms with Gasteiger partial charge in [0, 0.05) is 25.4 Å². The number of carbonyl (C=O) groups excluding carboxylic acids is 1. The van der Waals surface area contributed by atoms with Crippen molar-refractivity contribution in [2.75, 3.05) is 13.1 Å². The minimum absolute atomic E-state index is 0.187. The fraction of sp³-hybridized carbons (Fsp3) is 0.316. The van der Waals surface area contributed by atoms with E-state index in [9.17, 15) is 14.7 Å². The summed E-state index contributed by atoms with van der Waals surface area (Å²) in [5, 5.41) is 9.40. The number of aromatic nitrogens is 1. The van der Waals surface area contributed by atoms with Gasteiger partial charge in [0.15, 0.2) is 0 Å². The summed E-state index contributed by atoms with van der Waals surface area (Å²) >= 11 is 0. The van der Waals surface area contributed by atoms with E-state index in [1.165, 1.54) is 6.20 Å². The minimum atomic E-state index is -0.911. The van der Waals surface area contributed by atoms with Crippen LogP contribution in [-0.4, -0.2) is 40.0 Å². The summed E-state index contributed by atoms with van der Waals surface area (Å²) in [6.45, 7) is 2.40. The second kappa shape index (κ2) is 6.93. The molecule has 6 heteroatoms. The molecule has 0 saturated carbocycles. The zero-order valence-corrected chi connectivity index (χ0v) is 14.0. The quantitative estimate of drug-likeness (QED) is 0.924. The molecule has 130 valence electrons. The summed E-state index contributed by atoms with van der Waals surface area (Å²) in [5.41, 5.74) is -0.658. The highest BCUT2D eigenvalue weighted by Crippen LogP contribution is 2.30. The van der Waals surface area contributed by atoms with Crippen molar-refractivity contribution < 1.29 is 19.4 Å². The summed E-state index contributed by atoms with van der Waals surface area (Å²) in [4.78, 5) is 29.9. The van der Waals surface area contributed by atoms with Crippen molar-refractivity contribution in [1.82, 2.24) is 9.88 Å². The second-order valence-corrected chi connectivity index (χ2v) is 6.49. The Kier molecular flexibility index (Phi) is 4.70. The van der Waals surface area contributed by atoms with Crippen molar-refractivity contribution in [3.05, 3.63) is 54.4 Å². The van der Waals surface area contributed by atoms with Gasteiger partial charge in [0.05, 0.1) is 5.41 Å². The SMILES string of the molecule is CC1(C(=O)O)CCCN(C(=O)c2cc(Oc3ccccc3)ccn2)C1. The van der Waals surface area contributed by atoms with Gasteiger partial charge in [0.1, 0.15) is 17.2 Å². The normalized spacial score (nSPS) is 20.1. The fourth-order valence-corrected chi connectivity index (χ4v) is 2.97. The molecule has 1 N–H and O–H groups in total. The van der Waals surface area contributed by atoms with E-state index < -0.39 is 11.4 Å². The molecule has 1 aliphatic rings. The molecule has 1 saturated heterocycles. The number of likely N-dealkylation sites (tertiary alicyclic amines) is 1. The van der Waals surface area contributed by atoms with Crippen molar-refractivity contribution >= 4 is 11.9 Å². The van der Waals surface area contributed by atoms with Gasteiger partial charge in [-0.2, -0.15) is 0 Å². The zero-order valence-electron chi connectivity index (χ0n) is 14.0. The van der Waals surface area contributed by atoms with Crippen LogP contribution in [0.2, 0.25) is 0 Å². The maximum atomic E-state index is 12.7. The molecule has 1 aromatic heterocycles. The number of carboxylic acids is 1. The van der Waals surface area contributed by atoms with E-state index in [4.69, 9.17) is 4.74 Å². The summed E-state index contributed by atoms with van der Waals surface area (Å²) < 4.78 is 5.73. The number of aliphatic carboxylic acids is 1. The van der Waals surface area contributed by atoms with Gasteiger partial charge in [-0.15, -0.1) is 0 Å². The van der Waals surface area contributed by atoms with Gasteiger partial charge in [-0.05, 0) is 38.0 Å². The lowest BCUT2D eigenvalue weighted by Crippen LogP contribution is -2.48. The van der Waals surface area contributed by atoms with Crippen LogP contribution < -0.4 is 4.74 Å². The van der Waals surface area contributed by atoms with Crippen molar-refractivity contribution in [2.45, 2.75) is 19.8 Å². The summed E-state index contributed by atoms with van der Waals surface area (Å²) in [7, 11) is 0. The number of para-hydroxylation sites is 1. The highest BCUT2D eigenvalue weighted by Gasteiger charge is 2.39. The smallest absolute Gasteiger partial charge is 0.311 e. The molecular weight excluding hydrogens is 320 g/mol. The van der Waals surface area contributed by atoms with Crippen LogP contribution in [0.25, 0.3) is 0 Å². The van der Waals surface area contributed by atoms with Gasteiger partial charge in [-0.25, -0.2) is 0 Å². The number of ether oxygens (including phenoxy) is 1. The molecule has 25 heavy (non-hydrogen) atoms. The molecule has 1 atom stereocenters. The van der Waals surface area contributed by atoms with E-state index in [1.807, 2.05) is 30.3 Å². The Labute approximate surface area is 146 Å². The largest absolute Gasteiger partial charge is 0.481 e. The summed E-state index contributed by atoms with van der Waals surface area (Å²) in [5.74, 6) is 0.0379. The number of hydrogen-bond acceptors (Lipinski definition) is 4. The van der Waals surface area contributed by atoms with Crippen molar-refractivity contribution in [3.8, 4) is 11.5 Å². The lowest BCUT2D eigenvalue weighted by molar-refractivity contribution is -0.150. The molecule has 1 fully saturated rings. The van der Waals surface area contributed by atoms with Gasteiger partial charge >= 0.3 is 5.97 Å². The molecule has 1 unspecified atom stereocenters. The van der Waals surface area contributed by atoms with Gasteiger partial charge in [-0.1, -0.05) is 18.2 Å². The number of carbonyl (C=O) groups is 2. The third kappa shape index (κ3) is 3.79. The van der Waals surface area contributed by atoms with Crippen LogP contribution in [0.1, 0.15) is 30.3 Å². The molecular formula is C19H20N2O4.